The fourth-order valence-corrected chi connectivity index (χ4v) is 2.98. The molecule has 0 amide bonds. The van der Waals surface area contributed by atoms with Gasteiger partial charge in [0, 0.05) is 12.3 Å². The molecule has 5 heteroatoms. The lowest BCUT2D eigenvalue weighted by molar-refractivity contribution is -0.123. The molecule has 3 aromatic rings. The van der Waals surface area contributed by atoms with E-state index in [9.17, 15) is 9.59 Å². The predicted molar refractivity (Wildman–Crippen MR) is 137 cm³/mol. The molecule has 1 atom stereocenters. The second kappa shape index (κ2) is 17.9. The van der Waals surface area contributed by atoms with E-state index in [2.05, 4.69) is 0 Å². The zero-order valence-corrected chi connectivity index (χ0v) is 20.4. The summed E-state index contributed by atoms with van der Waals surface area (Å²) in [7, 11) is 1.66. The third kappa shape index (κ3) is 13.1. The van der Waals surface area contributed by atoms with Crippen LogP contribution in [0.15, 0.2) is 91.0 Å². The van der Waals surface area contributed by atoms with Gasteiger partial charge in [-0.3, -0.25) is 4.79 Å². The van der Waals surface area contributed by atoms with Crippen molar-refractivity contribution in [3.8, 4) is 11.5 Å². The van der Waals surface area contributed by atoms with Gasteiger partial charge >= 0.3 is 5.97 Å². The molecule has 182 valence electrons. The highest BCUT2D eigenvalue weighted by molar-refractivity contribution is 5.87. The molecular weight excluding hydrogens is 428 g/mol. The smallest absolute Gasteiger partial charge is 0.335 e. The highest BCUT2D eigenvalue weighted by Gasteiger charge is 2.16. The van der Waals surface area contributed by atoms with Gasteiger partial charge in [0.05, 0.1) is 19.3 Å². The highest BCUT2D eigenvalue weighted by Crippen LogP contribution is 2.19. The number of benzene rings is 3. The highest BCUT2D eigenvalue weighted by atomic mass is 16.5. The number of carboxylic acid groups (broad SMARTS) is 1. The number of aromatic carboxylic acids is 1. The van der Waals surface area contributed by atoms with Crippen molar-refractivity contribution >= 4 is 11.8 Å². The minimum absolute atomic E-state index is 0.331. The lowest BCUT2D eigenvalue weighted by Gasteiger charge is -2.14. The van der Waals surface area contributed by atoms with Crippen LogP contribution in [0.5, 0.6) is 11.5 Å². The average Bonchev–Trinajstić information content (AvgIpc) is 2.89. The molecule has 5 nitrogen and oxygen atoms in total. The minimum Gasteiger partial charge on any atom is -0.497 e. The molecule has 1 aliphatic rings. The lowest BCUT2D eigenvalue weighted by atomic mass is 9.90. The van der Waals surface area contributed by atoms with E-state index >= 15 is 0 Å². The molecule has 0 aliphatic heterocycles. The third-order valence-electron chi connectivity index (χ3n) is 4.91. The first-order valence-electron chi connectivity index (χ1n) is 11.6. The van der Waals surface area contributed by atoms with Crippen LogP contribution in [0, 0.1) is 5.92 Å². The number of rotatable bonds is 4. The van der Waals surface area contributed by atoms with Gasteiger partial charge in [0.15, 0.2) is 0 Å². The largest absolute Gasteiger partial charge is 0.497 e. The Morgan fingerprint density at radius 2 is 1.35 bits per heavy atom. The van der Waals surface area contributed by atoms with Crippen LogP contribution >= 0.6 is 0 Å². The van der Waals surface area contributed by atoms with Gasteiger partial charge in [-0.2, -0.15) is 0 Å². The number of ether oxygens (including phenoxy) is 2. The van der Waals surface area contributed by atoms with Crippen molar-refractivity contribution in [3.05, 3.63) is 96.6 Å². The maximum Gasteiger partial charge on any atom is 0.335 e. The van der Waals surface area contributed by atoms with Gasteiger partial charge < -0.3 is 14.6 Å². The van der Waals surface area contributed by atoms with Crippen LogP contribution in [0.4, 0.5) is 0 Å². The number of hydrogen-bond donors (Lipinski definition) is 1. The molecule has 0 saturated heterocycles. The van der Waals surface area contributed by atoms with Crippen LogP contribution < -0.4 is 9.47 Å². The molecule has 0 spiro atoms. The van der Waals surface area contributed by atoms with Gasteiger partial charge in [-0.1, -0.05) is 67.9 Å². The minimum atomic E-state index is -0.879. The fourth-order valence-electron chi connectivity index (χ4n) is 2.98. The molecule has 1 fully saturated rings. The van der Waals surface area contributed by atoms with Crippen LogP contribution in [-0.2, 0) is 4.79 Å². The molecule has 0 heterocycles. The summed E-state index contributed by atoms with van der Waals surface area (Å²) in [4.78, 5) is 21.0. The Hall–Kier alpha value is -3.60. The van der Waals surface area contributed by atoms with Crippen LogP contribution in [0.25, 0.3) is 0 Å². The maximum atomic E-state index is 10.8. The number of carbonyl (C=O) groups excluding carboxylic acids is 1. The summed E-state index contributed by atoms with van der Waals surface area (Å²) in [5.41, 5.74) is 0.331. The van der Waals surface area contributed by atoms with Crippen LogP contribution in [0.1, 0.15) is 49.9 Å². The molecule has 4 rings (SSSR count). The number of hydrogen-bond acceptors (Lipinski definition) is 4. The third-order valence-corrected chi connectivity index (χ3v) is 4.91. The Morgan fingerprint density at radius 1 is 0.853 bits per heavy atom. The van der Waals surface area contributed by atoms with E-state index in [-0.39, 0.29) is 0 Å². The van der Waals surface area contributed by atoms with E-state index in [1.807, 2.05) is 74.5 Å². The van der Waals surface area contributed by atoms with E-state index in [0.29, 0.717) is 17.3 Å². The summed E-state index contributed by atoms with van der Waals surface area (Å²) in [6.45, 7) is 4.75. The first kappa shape index (κ1) is 28.4. The second-order valence-corrected chi connectivity index (χ2v) is 7.55. The Balaban J connectivity index is 0.000000227. The number of para-hydroxylation sites is 2. The molecule has 1 aliphatic carbocycles. The van der Waals surface area contributed by atoms with Crippen LogP contribution in [0.2, 0.25) is 0 Å². The Morgan fingerprint density at radius 3 is 1.68 bits per heavy atom. The molecule has 1 saturated carbocycles. The fraction of sp³-hybridized carbons (Fsp3) is 0.310. The number of methoxy groups -OCH3 is 1. The number of carboxylic acids is 1. The van der Waals surface area contributed by atoms with Gasteiger partial charge in [0.2, 0.25) is 0 Å². The van der Waals surface area contributed by atoms with E-state index in [1.165, 1.54) is 6.42 Å². The summed E-state index contributed by atoms with van der Waals surface area (Å²) in [6.07, 6.45) is 4.34. The van der Waals surface area contributed by atoms with E-state index in [4.69, 9.17) is 14.6 Å². The first-order chi connectivity index (χ1) is 16.5. The van der Waals surface area contributed by atoms with Crippen molar-refractivity contribution in [3.63, 3.8) is 0 Å². The average molecular weight is 465 g/mol. The standard InChI is InChI=1S/C8H10O.C7H6O2.C7H8O.C7H12O/c1-2-9-8-6-4-3-5-7-8;8-7(9)6-4-2-1-3-5-6;1-8-7-5-3-2-4-6-7;1-6-4-2-3-5-7(6)8/h3-7H,2H2,1H3;1-5H,(H,8,9);2-6H,1H3;6H,2-5H2,1H3. The van der Waals surface area contributed by atoms with Crippen LogP contribution in [0.3, 0.4) is 0 Å². The van der Waals surface area contributed by atoms with Crippen molar-refractivity contribution in [2.24, 2.45) is 5.92 Å². The predicted octanol–water partition coefficient (Wildman–Crippen LogP) is 6.93. The zero-order chi connectivity index (χ0) is 25.0. The van der Waals surface area contributed by atoms with E-state index < -0.39 is 5.97 Å². The number of Topliss-reactive ketones (excluding diaryl/α,β-unsaturated/α-hetero) is 1. The van der Waals surface area contributed by atoms with Gasteiger partial charge in [0.1, 0.15) is 17.3 Å². The normalized spacial score (nSPS) is 14.0. The van der Waals surface area contributed by atoms with E-state index in [1.54, 1.807) is 37.4 Å². The van der Waals surface area contributed by atoms with E-state index in [0.717, 1.165) is 37.4 Å². The number of carbonyl (C=O) groups is 2. The number of ketones is 1. The lowest BCUT2D eigenvalue weighted by Crippen LogP contribution is -2.14. The first-order valence-corrected chi connectivity index (χ1v) is 11.6. The van der Waals surface area contributed by atoms with Gasteiger partial charge in [-0.25, -0.2) is 4.79 Å². The quantitative estimate of drug-likeness (QED) is 0.453. The molecule has 0 aromatic heterocycles. The molecule has 0 radical (unpaired) electrons. The SMILES string of the molecule is CC1CCCCC1=O.CCOc1ccccc1.COc1ccccc1.O=C(O)c1ccccc1. The summed E-state index contributed by atoms with van der Waals surface area (Å²) in [5.74, 6) is 1.81. The Bertz CT molecular complexity index is 911. The van der Waals surface area contributed by atoms with Crippen molar-refractivity contribution in [1.29, 1.82) is 0 Å². The molecular formula is C29H36O5. The summed E-state index contributed by atoms with van der Waals surface area (Å²) >= 11 is 0. The molecule has 0 bridgehead atoms. The second-order valence-electron chi connectivity index (χ2n) is 7.55. The van der Waals surface area contributed by atoms with Crippen molar-refractivity contribution in [1.82, 2.24) is 0 Å². The Kier molecular flexibility index (Phi) is 15.0. The van der Waals surface area contributed by atoms with Crippen molar-refractivity contribution in [2.75, 3.05) is 13.7 Å². The molecule has 1 unspecified atom stereocenters. The summed E-state index contributed by atoms with van der Waals surface area (Å²) < 4.78 is 10.1. The van der Waals surface area contributed by atoms with Crippen molar-refractivity contribution < 1.29 is 24.2 Å². The topological polar surface area (TPSA) is 72.8 Å². The molecule has 1 N–H and O–H groups in total. The van der Waals surface area contributed by atoms with Gasteiger partial charge in [-0.05, 0) is 56.2 Å². The zero-order valence-electron chi connectivity index (χ0n) is 20.4. The monoisotopic (exact) mass is 464 g/mol. The Labute approximate surface area is 203 Å². The summed E-state index contributed by atoms with van der Waals surface area (Å²) in [5, 5.41) is 8.38. The maximum absolute atomic E-state index is 10.8. The molecule has 34 heavy (non-hydrogen) atoms. The van der Waals surface area contributed by atoms with Gasteiger partial charge in [-0.15, -0.1) is 0 Å². The van der Waals surface area contributed by atoms with Crippen LogP contribution in [-0.4, -0.2) is 30.6 Å². The van der Waals surface area contributed by atoms with Gasteiger partial charge in [0.25, 0.3) is 0 Å². The molecule has 3 aromatic carbocycles. The van der Waals surface area contributed by atoms with Crippen molar-refractivity contribution in [2.45, 2.75) is 39.5 Å². The summed E-state index contributed by atoms with van der Waals surface area (Å²) in [6, 6.07) is 27.8.